The van der Waals surface area contributed by atoms with Gasteiger partial charge in [-0.15, -0.1) is 0 Å². The molecule has 0 radical (unpaired) electrons. The lowest BCUT2D eigenvalue weighted by molar-refractivity contribution is -0.128. The highest BCUT2D eigenvalue weighted by Gasteiger charge is 2.10. The second-order valence-corrected chi connectivity index (χ2v) is 4.88. The normalized spacial score (nSPS) is 11.2. The van der Waals surface area contributed by atoms with Crippen LogP contribution in [0.25, 0.3) is 21.7 Å². The van der Waals surface area contributed by atoms with Crippen molar-refractivity contribution in [3.05, 3.63) is 59.0 Å². The minimum absolute atomic E-state index is 0.316. The molecule has 23 heavy (non-hydrogen) atoms. The number of rotatable bonds is 3. The first kappa shape index (κ1) is 14.8. The zero-order valence-corrected chi connectivity index (χ0v) is 12.7. The molecule has 0 aliphatic carbocycles. The van der Waals surface area contributed by atoms with Crippen molar-refractivity contribution in [3.8, 4) is 11.5 Å². The van der Waals surface area contributed by atoms with Gasteiger partial charge in [-0.2, -0.15) is 0 Å². The smallest absolute Gasteiger partial charge is 0.344 e. The van der Waals surface area contributed by atoms with Crippen LogP contribution in [0.15, 0.2) is 57.8 Å². The summed E-state index contributed by atoms with van der Waals surface area (Å²) in [5.41, 5.74) is -0.109. The van der Waals surface area contributed by atoms with Crippen LogP contribution < -0.4 is 15.1 Å². The van der Waals surface area contributed by atoms with Crippen molar-refractivity contribution in [1.82, 2.24) is 0 Å². The van der Waals surface area contributed by atoms with Crippen LogP contribution in [0.5, 0.6) is 11.5 Å². The Hall–Kier alpha value is -3.08. The molecule has 3 rings (SSSR count). The molecule has 0 saturated carbocycles. The summed E-state index contributed by atoms with van der Waals surface area (Å²) in [7, 11) is 1.54. The van der Waals surface area contributed by atoms with E-state index in [0.29, 0.717) is 22.5 Å². The highest BCUT2D eigenvalue weighted by atomic mass is 16.5. The Morgan fingerprint density at radius 2 is 1.78 bits per heavy atom. The van der Waals surface area contributed by atoms with Gasteiger partial charge in [0.25, 0.3) is 0 Å². The number of benzene rings is 2. The molecule has 3 aromatic rings. The largest absolute Gasteiger partial charge is 0.497 e. The van der Waals surface area contributed by atoms with Crippen molar-refractivity contribution in [2.45, 2.75) is 6.92 Å². The van der Waals surface area contributed by atoms with Crippen LogP contribution in [0.4, 0.5) is 0 Å². The predicted octanol–water partition coefficient (Wildman–Crippen LogP) is 3.44. The number of esters is 1. The summed E-state index contributed by atoms with van der Waals surface area (Å²) < 4.78 is 15.6. The van der Waals surface area contributed by atoms with E-state index in [1.165, 1.54) is 19.3 Å². The molecule has 1 aromatic heterocycles. The molecular formula is C18H14O5. The fourth-order valence-corrected chi connectivity index (χ4v) is 2.37. The van der Waals surface area contributed by atoms with Crippen LogP contribution in [0.1, 0.15) is 6.92 Å². The third-order valence-electron chi connectivity index (χ3n) is 3.41. The first-order valence-corrected chi connectivity index (χ1v) is 7.01. The molecule has 0 saturated heterocycles. The molecule has 0 N–H and O–H groups in total. The molecule has 5 nitrogen and oxygen atoms in total. The van der Waals surface area contributed by atoms with Gasteiger partial charge in [0.1, 0.15) is 17.1 Å². The maximum Gasteiger partial charge on any atom is 0.344 e. The third kappa shape index (κ3) is 2.81. The highest BCUT2D eigenvalue weighted by molar-refractivity contribution is 6.05. The van der Waals surface area contributed by atoms with Crippen LogP contribution >= 0.6 is 0 Å². The van der Waals surface area contributed by atoms with Crippen LogP contribution in [0.2, 0.25) is 0 Å². The maximum absolute atomic E-state index is 12.2. The van der Waals surface area contributed by atoms with Crippen molar-refractivity contribution >= 4 is 27.7 Å². The molecule has 0 unspecified atom stereocenters. The number of methoxy groups -OCH3 is 1. The average molecular weight is 310 g/mol. The fraction of sp³-hybridized carbons (Fsp3) is 0.111. The fourth-order valence-electron chi connectivity index (χ4n) is 2.37. The number of hydrogen-bond donors (Lipinski definition) is 0. The Morgan fingerprint density at radius 3 is 2.52 bits per heavy atom. The van der Waals surface area contributed by atoms with Gasteiger partial charge in [0.05, 0.1) is 12.5 Å². The standard InChI is InChI=1S/C18H14O5/c1-3-4-17(19)22-12-6-8-14-13-7-5-11(21-2)9-15(13)18(20)23-16(14)10-12/h3-10H,1-2H3/b4-3+. The molecule has 0 aliphatic heterocycles. The number of hydrogen-bond acceptors (Lipinski definition) is 5. The summed E-state index contributed by atoms with van der Waals surface area (Å²) >= 11 is 0. The van der Waals surface area contributed by atoms with E-state index < -0.39 is 11.6 Å². The molecule has 0 fully saturated rings. The lowest BCUT2D eigenvalue weighted by Crippen LogP contribution is -2.04. The first-order valence-electron chi connectivity index (χ1n) is 7.01. The van der Waals surface area contributed by atoms with Crippen molar-refractivity contribution in [2.24, 2.45) is 0 Å². The van der Waals surface area contributed by atoms with Crippen molar-refractivity contribution < 1.29 is 18.7 Å². The second-order valence-electron chi connectivity index (χ2n) is 4.88. The van der Waals surface area contributed by atoms with Gasteiger partial charge in [0.2, 0.25) is 0 Å². The molecule has 2 aromatic carbocycles. The van der Waals surface area contributed by atoms with E-state index in [-0.39, 0.29) is 0 Å². The van der Waals surface area contributed by atoms with E-state index in [2.05, 4.69) is 0 Å². The molecule has 0 atom stereocenters. The van der Waals surface area contributed by atoms with E-state index in [0.717, 1.165) is 10.8 Å². The van der Waals surface area contributed by atoms with Crippen LogP contribution in [0, 0.1) is 0 Å². The molecule has 0 aliphatic rings. The first-order chi connectivity index (χ1) is 11.1. The topological polar surface area (TPSA) is 65.7 Å². The van der Waals surface area contributed by atoms with Crippen molar-refractivity contribution in [2.75, 3.05) is 7.11 Å². The monoisotopic (exact) mass is 310 g/mol. The molecule has 0 spiro atoms. The Bertz CT molecular complexity index is 982. The van der Waals surface area contributed by atoms with Crippen LogP contribution in [-0.2, 0) is 4.79 Å². The van der Waals surface area contributed by atoms with Gasteiger partial charge in [-0.05, 0) is 37.3 Å². The Morgan fingerprint density at radius 1 is 1.04 bits per heavy atom. The third-order valence-corrected chi connectivity index (χ3v) is 3.41. The van der Waals surface area contributed by atoms with Gasteiger partial charge in [-0.3, -0.25) is 0 Å². The van der Waals surface area contributed by atoms with Gasteiger partial charge in [-0.25, -0.2) is 9.59 Å². The van der Waals surface area contributed by atoms with E-state index in [9.17, 15) is 9.59 Å². The van der Waals surface area contributed by atoms with E-state index >= 15 is 0 Å². The Labute approximate surface area is 131 Å². The predicted molar refractivity (Wildman–Crippen MR) is 87.0 cm³/mol. The maximum atomic E-state index is 12.2. The number of allylic oxidation sites excluding steroid dienone is 1. The van der Waals surface area contributed by atoms with Crippen LogP contribution in [-0.4, -0.2) is 13.1 Å². The zero-order chi connectivity index (χ0) is 16.4. The van der Waals surface area contributed by atoms with Crippen LogP contribution in [0.3, 0.4) is 0 Å². The molecule has 1 heterocycles. The molecule has 5 heteroatoms. The van der Waals surface area contributed by atoms with Gasteiger partial charge in [-0.1, -0.05) is 6.08 Å². The van der Waals surface area contributed by atoms with E-state index in [4.69, 9.17) is 13.9 Å². The minimum Gasteiger partial charge on any atom is -0.497 e. The summed E-state index contributed by atoms with van der Waals surface area (Å²) in [6.45, 7) is 1.72. The zero-order valence-electron chi connectivity index (χ0n) is 12.7. The summed E-state index contributed by atoms with van der Waals surface area (Å²) in [6, 6.07) is 10.2. The number of carbonyl (C=O) groups excluding carboxylic acids is 1. The lowest BCUT2D eigenvalue weighted by Gasteiger charge is -2.06. The summed E-state index contributed by atoms with van der Waals surface area (Å²) in [5.74, 6) is 0.414. The summed E-state index contributed by atoms with van der Waals surface area (Å²) in [6.07, 6.45) is 2.90. The van der Waals surface area contributed by atoms with Crippen molar-refractivity contribution in [3.63, 3.8) is 0 Å². The Kier molecular flexibility index (Phi) is 3.85. The number of ether oxygens (including phenoxy) is 2. The number of fused-ring (bicyclic) bond motifs is 3. The second kappa shape index (κ2) is 5.96. The van der Waals surface area contributed by atoms with E-state index in [1.807, 2.05) is 0 Å². The van der Waals surface area contributed by atoms with Gasteiger partial charge in [0.15, 0.2) is 0 Å². The Balaban J connectivity index is 2.16. The SMILES string of the molecule is C/C=C/C(=O)Oc1ccc2c(c1)oc(=O)c1cc(OC)ccc12. The molecule has 0 amide bonds. The quantitative estimate of drug-likeness (QED) is 0.244. The lowest BCUT2D eigenvalue weighted by atomic mass is 10.1. The summed E-state index contributed by atoms with van der Waals surface area (Å²) in [4.78, 5) is 23.6. The highest BCUT2D eigenvalue weighted by Crippen LogP contribution is 2.28. The molecule has 116 valence electrons. The summed E-state index contributed by atoms with van der Waals surface area (Å²) in [5, 5.41) is 1.95. The number of carbonyl (C=O) groups is 1. The van der Waals surface area contributed by atoms with E-state index in [1.54, 1.807) is 43.3 Å². The van der Waals surface area contributed by atoms with Gasteiger partial charge in [0, 0.05) is 22.9 Å². The average Bonchev–Trinajstić information content (AvgIpc) is 2.54. The molecule has 0 bridgehead atoms. The van der Waals surface area contributed by atoms with Gasteiger partial charge < -0.3 is 13.9 Å². The van der Waals surface area contributed by atoms with Gasteiger partial charge >= 0.3 is 11.6 Å². The molecular weight excluding hydrogens is 296 g/mol. The van der Waals surface area contributed by atoms with Crippen molar-refractivity contribution in [1.29, 1.82) is 0 Å². The minimum atomic E-state index is -0.486.